The molecule has 4 heteroatoms. The maximum atomic E-state index is 10.6. The van der Waals surface area contributed by atoms with E-state index in [9.17, 15) is 4.79 Å². The SMILES string of the molecule is CC(C)Oc1cccc(CNCCCCC(N)=O)c1. The Morgan fingerprint density at radius 3 is 2.84 bits per heavy atom. The number of benzene rings is 1. The van der Waals surface area contributed by atoms with Crippen molar-refractivity contribution >= 4 is 5.91 Å². The monoisotopic (exact) mass is 264 g/mol. The van der Waals surface area contributed by atoms with Gasteiger partial charge in [0, 0.05) is 13.0 Å². The standard InChI is InChI=1S/C15H24N2O2/c1-12(2)19-14-7-5-6-13(10-14)11-17-9-4-3-8-15(16)18/h5-7,10,12,17H,3-4,8-9,11H2,1-2H3,(H2,16,18). The van der Waals surface area contributed by atoms with Gasteiger partial charge in [0.25, 0.3) is 0 Å². The number of hydrogen-bond donors (Lipinski definition) is 2. The average Bonchev–Trinajstić information content (AvgIpc) is 2.33. The molecule has 0 saturated heterocycles. The summed E-state index contributed by atoms with van der Waals surface area (Å²) in [5.41, 5.74) is 6.28. The molecule has 106 valence electrons. The van der Waals surface area contributed by atoms with E-state index in [2.05, 4.69) is 17.4 Å². The summed E-state index contributed by atoms with van der Waals surface area (Å²) in [6.45, 7) is 5.74. The van der Waals surface area contributed by atoms with Gasteiger partial charge in [-0.2, -0.15) is 0 Å². The summed E-state index contributed by atoms with van der Waals surface area (Å²) >= 11 is 0. The van der Waals surface area contributed by atoms with E-state index in [0.717, 1.165) is 31.7 Å². The van der Waals surface area contributed by atoms with E-state index in [1.54, 1.807) is 0 Å². The summed E-state index contributed by atoms with van der Waals surface area (Å²) in [4.78, 5) is 10.6. The lowest BCUT2D eigenvalue weighted by molar-refractivity contribution is -0.118. The van der Waals surface area contributed by atoms with Crippen LogP contribution in [0.5, 0.6) is 5.75 Å². The molecular formula is C15H24N2O2. The number of amides is 1. The van der Waals surface area contributed by atoms with Crippen molar-refractivity contribution in [2.45, 2.75) is 45.8 Å². The molecule has 0 heterocycles. The predicted molar refractivity (Wildman–Crippen MR) is 77.0 cm³/mol. The van der Waals surface area contributed by atoms with Crippen LogP contribution in [0.1, 0.15) is 38.7 Å². The summed E-state index contributed by atoms with van der Waals surface area (Å²) in [5, 5.41) is 3.35. The highest BCUT2D eigenvalue weighted by Crippen LogP contribution is 2.14. The van der Waals surface area contributed by atoms with Gasteiger partial charge in [-0.1, -0.05) is 12.1 Å². The molecule has 1 aromatic carbocycles. The Morgan fingerprint density at radius 2 is 2.16 bits per heavy atom. The number of ether oxygens (including phenoxy) is 1. The van der Waals surface area contributed by atoms with Crippen molar-refractivity contribution in [2.75, 3.05) is 6.54 Å². The highest BCUT2D eigenvalue weighted by Gasteiger charge is 1.99. The molecule has 0 fully saturated rings. The fourth-order valence-corrected chi connectivity index (χ4v) is 1.78. The van der Waals surface area contributed by atoms with Crippen molar-refractivity contribution in [3.05, 3.63) is 29.8 Å². The van der Waals surface area contributed by atoms with Crippen molar-refractivity contribution in [1.82, 2.24) is 5.32 Å². The summed E-state index contributed by atoms with van der Waals surface area (Å²) < 4.78 is 5.65. The minimum absolute atomic E-state index is 0.192. The molecule has 0 unspecified atom stereocenters. The van der Waals surface area contributed by atoms with E-state index < -0.39 is 0 Å². The van der Waals surface area contributed by atoms with Crippen molar-refractivity contribution in [3.8, 4) is 5.75 Å². The molecule has 0 radical (unpaired) electrons. The van der Waals surface area contributed by atoms with Crippen molar-refractivity contribution in [2.24, 2.45) is 5.73 Å². The zero-order chi connectivity index (χ0) is 14.1. The third-order valence-corrected chi connectivity index (χ3v) is 2.63. The Kier molecular flexibility index (Phi) is 6.97. The summed E-state index contributed by atoms with van der Waals surface area (Å²) in [7, 11) is 0. The van der Waals surface area contributed by atoms with E-state index in [-0.39, 0.29) is 12.0 Å². The maximum absolute atomic E-state index is 10.6. The van der Waals surface area contributed by atoms with Gasteiger partial charge in [-0.05, 0) is 50.9 Å². The van der Waals surface area contributed by atoms with Gasteiger partial charge in [-0.25, -0.2) is 0 Å². The predicted octanol–water partition coefficient (Wildman–Crippen LogP) is 2.22. The normalized spacial score (nSPS) is 10.7. The second-order valence-electron chi connectivity index (χ2n) is 4.91. The molecule has 1 aromatic rings. The van der Waals surface area contributed by atoms with Crippen LogP contribution in [0.2, 0.25) is 0 Å². The molecule has 0 aliphatic heterocycles. The lowest BCUT2D eigenvalue weighted by atomic mass is 10.2. The summed E-state index contributed by atoms with van der Waals surface area (Å²) in [6.07, 6.45) is 2.47. The second kappa shape index (κ2) is 8.53. The van der Waals surface area contributed by atoms with Gasteiger partial charge >= 0.3 is 0 Å². The van der Waals surface area contributed by atoms with Crippen LogP contribution < -0.4 is 15.8 Å². The minimum Gasteiger partial charge on any atom is -0.491 e. The Hall–Kier alpha value is -1.55. The number of carbonyl (C=O) groups excluding carboxylic acids is 1. The minimum atomic E-state index is -0.224. The third-order valence-electron chi connectivity index (χ3n) is 2.63. The largest absolute Gasteiger partial charge is 0.491 e. The molecule has 19 heavy (non-hydrogen) atoms. The first-order valence-corrected chi connectivity index (χ1v) is 6.82. The molecule has 1 amide bonds. The third kappa shape index (κ3) is 7.47. The van der Waals surface area contributed by atoms with E-state index in [1.807, 2.05) is 26.0 Å². The van der Waals surface area contributed by atoms with Gasteiger partial charge in [0.15, 0.2) is 0 Å². The lowest BCUT2D eigenvalue weighted by Crippen LogP contribution is -2.16. The Bertz CT molecular complexity index is 391. The van der Waals surface area contributed by atoms with Crippen LogP contribution in [0.15, 0.2) is 24.3 Å². The zero-order valence-corrected chi connectivity index (χ0v) is 11.8. The Balaban J connectivity index is 2.23. The number of hydrogen-bond acceptors (Lipinski definition) is 3. The van der Waals surface area contributed by atoms with Crippen LogP contribution in [0.3, 0.4) is 0 Å². The molecule has 1 rings (SSSR count). The number of carbonyl (C=O) groups is 1. The van der Waals surface area contributed by atoms with E-state index in [0.29, 0.717) is 6.42 Å². The first-order valence-electron chi connectivity index (χ1n) is 6.82. The number of rotatable bonds is 9. The van der Waals surface area contributed by atoms with Crippen LogP contribution in [0.25, 0.3) is 0 Å². The van der Waals surface area contributed by atoms with Gasteiger partial charge in [0.05, 0.1) is 6.10 Å². The lowest BCUT2D eigenvalue weighted by Gasteiger charge is -2.11. The van der Waals surface area contributed by atoms with Gasteiger partial charge in [0.2, 0.25) is 5.91 Å². The van der Waals surface area contributed by atoms with Crippen molar-refractivity contribution < 1.29 is 9.53 Å². The average molecular weight is 264 g/mol. The van der Waals surface area contributed by atoms with E-state index >= 15 is 0 Å². The number of nitrogens with one attached hydrogen (secondary N) is 1. The van der Waals surface area contributed by atoms with E-state index in [1.165, 1.54) is 5.56 Å². The smallest absolute Gasteiger partial charge is 0.217 e. The maximum Gasteiger partial charge on any atom is 0.217 e. The number of unbranched alkanes of at least 4 members (excludes halogenated alkanes) is 1. The first kappa shape index (κ1) is 15.5. The second-order valence-corrected chi connectivity index (χ2v) is 4.91. The summed E-state index contributed by atoms with van der Waals surface area (Å²) in [5.74, 6) is 0.682. The molecule has 0 aliphatic rings. The van der Waals surface area contributed by atoms with Gasteiger partial charge in [-0.3, -0.25) is 4.79 Å². The topological polar surface area (TPSA) is 64.3 Å². The highest BCUT2D eigenvalue weighted by molar-refractivity contribution is 5.73. The Labute approximate surface area is 115 Å². The van der Waals surface area contributed by atoms with Gasteiger partial charge in [-0.15, -0.1) is 0 Å². The molecule has 0 saturated carbocycles. The Morgan fingerprint density at radius 1 is 1.37 bits per heavy atom. The molecule has 0 spiro atoms. The fraction of sp³-hybridized carbons (Fsp3) is 0.533. The molecule has 0 bridgehead atoms. The van der Waals surface area contributed by atoms with Crippen LogP contribution in [-0.2, 0) is 11.3 Å². The first-order chi connectivity index (χ1) is 9.08. The van der Waals surface area contributed by atoms with Gasteiger partial charge in [0.1, 0.15) is 5.75 Å². The fourth-order valence-electron chi connectivity index (χ4n) is 1.78. The van der Waals surface area contributed by atoms with Crippen molar-refractivity contribution in [3.63, 3.8) is 0 Å². The highest BCUT2D eigenvalue weighted by atomic mass is 16.5. The van der Waals surface area contributed by atoms with Crippen LogP contribution >= 0.6 is 0 Å². The van der Waals surface area contributed by atoms with Crippen LogP contribution in [0.4, 0.5) is 0 Å². The molecule has 3 N–H and O–H groups in total. The molecule has 0 aromatic heterocycles. The summed E-state index contributed by atoms with van der Waals surface area (Å²) in [6, 6.07) is 8.10. The molecular weight excluding hydrogens is 240 g/mol. The van der Waals surface area contributed by atoms with Crippen LogP contribution in [0, 0.1) is 0 Å². The number of primary amides is 1. The number of nitrogens with two attached hydrogens (primary N) is 1. The quantitative estimate of drug-likeness (QED) is 0.672. The van der Waals surface area contributed by atoms with E-state index in [4.69, 9.17) is 10.5 Å². The van der Waals surface area contributed by atoms with Gasteiger partial charge < -0.3 is 15.8 Å². The molecule has 0 aliphatic carbocycles. The molecule has 4 nitrogen and oxygen atoms in total. The molecule has 0 atom stereocenters. The van der Waals surface area contributed by atoms with Crippen molar-refractivity contribution in [1.29, 1.82) is 0 Å². The zero-order valence-electron chi connectivity index (χ0n) is 11.8. The van der Waals surface area contributed by atoms with Crippen LogP contribution in [-0.4, -0.2) is 18.6 Å².